The van der Waals surface area contributed by atoms with Crippen molar-refractivity contribution in [3.63, 3.8) is 0 Å². The van der Waals surface area contributed by atoms with Crippen molar-refractivity contribution in [2.24, 2.45) is 17.8 Å². The Morgan fingerprint density at radius 1 is 1.07 bits per heavy atom. The lowest BCUT2D eigenvalue weighted by Crippen LogP contribution is -2.80. The van der Waals surface area contributed by atoms with E-state index in [1.54, 1.807) is 4.90 Å². The Kier molecular flexibility index (Phi) is 10.1. The van der Waals surface area contributed by atoms with Crippen LogP contribution in [0.25, 0.3) is 0 Å². The summed E-state index contributed by atoms with van der Waals surface area (Å²) < 4.78 is 32.4. The fraction of sp³-hybridized carbons (Fsp3) is 0.875. The highest BCUT2D eigenvalue weighted by Gasteiger charge is 2.57. The van der Waals surface area contributed by atoms with Crippen LogP contribution in [0.3, 0.4) is 0 Å². The molecule has 5 saturated heterocycles. The molecule has 4 N–H and O–H groups in total. The summed E-state index contributed by atoms with van der Waals surface area (Å²) in [7, 11) is 0. The molecule has 0 aromatic carbocycles. The molecule has 6 rings (SSSR count). The molecule has 3 amide bonds. The molecule has 12 heteroatoms. The number of fused-ring (bicyclic) bond motifs is 5. The van der Waals surface area contributed by atoms with Crippen molar-refractivity contribution >= 4 is 23.7 Å². The normalized spacial score (nSPS) is 43.9. The van der Waals surface area contributed by atoms with Gasteiger partial charge in [0.2, 0.25) is 5.91 Å². The van der Waals surface area contributed by atoms with E-state index in [-0.39, 0.29) is 59.9 Å². The first-order chi connectivity index (χ1) is 21.2. The van der Waals surface area contributed by atoms with Gasteiger partial charge in [-0.3, -0.25) is 15.0 Å². The summed E-state index contributed by atoms with van der Waals surface area (Å²) in [6.07, 6.45) is 2.50. The highest BCUT2D eigenvalue weighted by atomic mass is 32.2. The maximum Gasteiger partial charge on any atom is 0.320 e. The van der Waals surface area contributed by atoms with Gasteiger partial charge in [0.05, 0.1) is 18.4 Å². The molecule has 0 spiro atoms. The SMILES string of the molecule is C=CC(=O)N1CCN(C2NC(=O)N3C4NC(C(F)CC42)C2C(F)CCCC2NCCCSC2CCNC(C(C)C)C23)[C@H](C)C1. The number of nitrogens with zero attached hydrogens (tertiary/aromatic N) is 3. The van der Waals surface area contributed by atoms with Crippen LogP contribution in [0.4, 0.5) is 13.6 Å². The molecule has 248 valence electrons. The van der Waals surface area contributed by atoms with E-state index in [9.17, 15) is 9.59 Å². The second-order valence-electron chi connectivity index (χ2n) is 14.3. The fourth-order valence-electron chi connectivity index (χ4n) is 9.26. The average Bonchev–Trinajstić information content (AvgIpc) is 3.01. The third kappa shape index (κ3) is 6.14. The maximum atomic E-state index is 16.6. The van der Waals surface area contributed by atoms with Gasteiger partial charge in [0.15, 0.2) is 0 Å². The molecule has 6 aliphatic rings. The number of piperidine rings is 2. The van der Waals surface area contributed by atoms with E-state index < -0.39 is 30.5 Å². The molecule has 1 aliphatic carbocycles. The highest BCUT2D eigenvalue weighted by molar-refractivity contribution is 7.99. The van der Waals surface area contributed by atoms with Crippen LogP contribution in [0.15, 0.2) is 12.7 Å². The van der Waals surface area contributed by atoms with Crippen molar-refractivity contribution in [3.05, 3.63) is 12.7 Å². The van der Waals surface area contributed by atoms with Crippen molar-refractivity contribution in [1.29, 1.82) is 0 Å². The van der Waals surface area contributed by atoms with Gasteiger partial charge in [-0.25, -0.2) is 13.6 Å². The van der Waals surface area contributed by atoms with Crippen molar-refractivity contribution in [3.8, 4) is 0 Å². The topological polar surface area (TPSA) is 92.0 Å². The Morgan fingerprint density at radius 3 is 2.64 bits per heavy atom. The second-order valence-corrected chi connectivity index (χ2v) is 15.6. The average molecular weight is 638 g/mol. The van der Waals surface area contributed by atoms with E-state index in [4.69, 9.17) is 0 Å². The lowest BCUT2D eigenvalue weighted by Gasteiger charge is -2.60. The minimum Gasteiger partial charge on any atom is -0.336 e. The molecule has 0 aromatic heterocycles. The zero-order chi connectivity index (χ0) is 31.1. The highest BCUT2D eigenvalue weighted by Crippen LogP contribution is 2.42. The maximum absolute atomic E-state index is 16.6. The number of carbonyl (C=O) groups excluding carboxylic acids is 2. The molecule has 5 heterocycles. The Hall–Kier alpha value is -1.47. The van der Waals surface area contributed by atoms with Gasteiger partial charge in [-0.05, 0) is 76.3 Å². The molecule has 11 unspecified atom stereocenters. The van der Waals surface area contributed by atoms with Crippen LogP contribution < -0.4 is 21.3 Å². The largest absolute Gasteiger partial charge is 0.336 e. The van der Waals surface area contributed by atoms with E-state index in [0.29, 0.717) is 32.0 Å². The van der Waals surface area contributed by atoms with E-state index in [0.717, 1.165) is 44.5 Å². The molecule has 9 nitrogen and oxygen atoms in total. The molecular formula is C32H53F2N7O2S. The summed E-state index contributed by atoms with van der Waals surface area (Å²) in [4.78, 5) is 32.9. The van der Waals surface area contributed by atoms with Gasteiger partial charge >= 0.3 is 6.03 Å². The zero-order valence-corrected chi connectivity index (χ0v) is 27.4. The van der Waals surface area contributed by atoms with E-state index in [1.165, 1.54) is 6.08 Å². The first kappa shape index (κ1) is 32.5. The number of urea groups is 1. The second kappa shape index (κ2) is 13.7. The van der Waals surface area contributed by atoms with Crippen LogP contribution >= 0.6 is 11.8 Å². The predicted molar refractivity (Wildman–Crippen MR) is 171 cm³/mol. The van der Waals surface area contributed by atoms with Gasteiger partial charge in [-0.15, -0.1) is 0 Å². The molecule has 5 aliphatic heterocycles. The molecule has 6 fully saturated rings. The number of rotatable bonds is 3. The number of nitrogens with one attached hydrogen (secondary N) is 4. The minimum atomic E-state index is -1.24. The van der Waals surface area contributed by atoms with Crippen LogP contribution in [-0.2, 0) is 4.79 Å². The zero-order valence-electron chi connectivity index (χ0n) is 26.6. The van der Waals surface area contributed by atoms with Crippen molar-refractivity contribution < 1.29 is 18.4 Å². The van der Waals surface area contributed by atoms with Gasteiger partial charge in [0.1, 0.15) is 12.3 Å². The third-order valence-corrected chi connectivity index (χ3v) is 12.8. The molecular weight excluding hydrogens is 584 g/mol. The monoisotopic (exact) mass is 637 g/mol. The summed E-state index contributed by atoms with van der Waals surface area (Å²) in [5.74, 6) is 0.455. The van der Waals surface area contributed by atoms with Gasteiger partial charge in [-0.2, -0.15) is 11.8 Å². The van der Waals surface area contributed by atoms with Crippen LogP contribution in [0.5, 0.6) is 0 Å². The number of hydrogen-bond acceptors (Lipinski definition) is 7. The van der Waals surface area contributed by atoms with Crippen molar-refractivity contribution in [1.82, 2.24) is 36.0 Å². The summed E-state index contributed by atoms with van der Waals surface area (Å²) in [5.41, 5.74) is 0. The van der Waals surface area contributed by atoms with Crippen molar-refractivity contribution in [2.45, 2.75) is 119 Å². The van der Waals surface area contributed by atoms with Crippen LogP contribution in [0.2, 0.25) is 0 Å². The summed E-state index contributed by atoms with van der Waals surface area (Å²) >= 11 is 1.96. The molecule has 12 atom stereocenters. The number of thioether (sulfide) groups is 1. The van der Waals surface area contributed by atoms with Crippen molar-refractivity contribution in [2.75, 3.05) is 38.5 Å². The van der Waals surface area contributed by atoms with Crippen LogP contribution in [0, 0.1) is 17.8 Å². The standard InChI is InChI=1S/C32H53F2N7O2S/c1-5-25(42)39-13-14-40(19(4)17-39)30-20-16-22(34)28-26-21(33)8-6-9-23(26)35-11-7-15-44-24-10-12-36-27(18(2)3)29(24)41(31(20)37-28)32(43)38-30/h5,18-24,26-31,35-37H,1,6-17H2,2-4H3,(H,38,43)/t19-,20?,21?,22?,23?,24?,26?,27?,28?,29?,30?,31?/m1/s1. The number of amides is 3. The third-order valence-electron chi connectivity index (χ3n) is 11.3. The predicted octanol–water partition coefficient (Wildman–Crippen LogP) is 2.69. The number of hydrogen-bond donors (Lipinski definition) is 4. The number of carbonyl (C=O) groups is 2. The van der Waals surface area contributed by atoms with Crippen LogP contribution in [-0.4, -0.2) is 125 Å². The van der Waals surface area contributed by atoms with Gasteiger partial charge in [-0.1, -0.05) is 20.4 Å². The Balaban J connectivity index is 1.38. The van der Waals surface area contributed by atoms with Gasteiger partial charge in [0.25, 0.3) is 0 Å². The Labute approximate surface area is 266 Å². The number of alkyl halides is 2. The Morgan fingerprint density at radius 2 is 1.89 bits per heavy atom. The van der Waals surface area contributed by atoms with E-state index in [2.05, 4.69) is 53.5 Å². The van der Waals surface area contributed by atoms with Gasteiger partial charge in [0, 0.05) is 60.9 Å². The smallest absolute Gasteiger partial charge is 0.320 e. The lowest BCUT2D eigenvalue weighted by atomic mass is 9.72. The first-order valence-corrected chi connectivity index (χ1v) is 18.1. The Bertz CT molecular complexity index is 1060. The van der Waals surface area contributed by atoms with Gasteiger partial charge < -0.3 is 25.8 Å². The number of halogens is 2. The summed E-state index contributed by atoms with van der Waals surface area (Å²) in [6, 6.07) is -0.894. The van der Waals surface area contributed by atoms with E-state index in [1.807, 2.05) is 16.7 Å². The molecule has 1 saturated carbocycles. The molecule has 0 radical (unpaired) electrons. The number of piperazine rings is 1. The molecule has 44 heavy (non-hydrogen) atoms. The summed E-state index contributed by atoms with van der Waals surface area (Å²) in [6.45, 7) is 13.4. The quantitative estimate of drug-likeness (QED) is 0.354. The fourth-order valence-corrected chi connectivity index (χ4v) is 10.7. The van der Waals surface area contributed by atoms with E-state index >= 15 is 8.78 Å². The van der Waals surface area contributed by atoms with Crippen LogP contribution in [0.1, 0.15) is 59.3 Å². The lowest BCUT2D eigenvalue weighted by molar-refractivity contribution is -0.132. The molecule has 2 bridgehead atoms. The molecule has 0 aromatic rings. The minimum absolute atomic E-state index is 0.0275. The summed E-state index contributed by atoms with van der Waals surface area (Å²) in [5, 5.41) is 14.7. The first-order valence-electron chi connectivity index (χ1n) is 17.1.